The molecular formula is C16H14FN3O. The van der Waals surface area contributed by atoms with Crippen molar-refractivity contribution in [1.82, 2.24) is 10.1 Å². The van der Waals surface area contributed by atoms with Crippen LogP contribution in [0.2, 0.25) is 0 Å². The highest BCUT2D eigenvalue weighted by Gasteiger charge is 2.11. The zero-order chi connectivity index (χ0) is 14.7. The summed E-state index contributed by atoms with van der Waals surface area (Å²) in [5, 5.41) is 6.99. The number of nitrogens with zero attached hydrogens (tertiary/aromatic N) is 2. The summed E-state index contributed by atoms with van der Waals surface area (Å²) in [7, 11) is 0. The van der Waals surface area contributed by atoms with Crippen LogP contribution in [-0.2, 0) is 6.54 Å². The molecule has 0 aliphatic heterocycles. The maximum atomic E-state index is 13.6. The number of nitrogens with one attached hydrogen (secondary N) is 1. The molecule has 5 heteroatoms. The summed E-state index contributed by atoms with van der Waals surface area (Å²) in [6, 6.07) is 14.3. The molecule has 3 aromatic rings. The van der Waals surface area contributed by atoms with Gasteiger partial charge in [-0.05, 0) is 31.2 Å². The van der Waals surface area contributed by atoms with E-state index >= 15 is 0 Å². The molecular weight excluding hydrogens is 269 g/mol. The van der Waals surface area contributed by atoms with Crippen molar-refractivity contribution in [3.63, 3.8) is 0 Å². The average molecular weight is 283 g/mol. The van der Waals surface area contributed by atoms with Gasteiger partial charge < -0.3 is 9.84 Å². The topological polar surface area (TPSA) is 51.0 Å². The van der Waals surface area contributed by atoms with Crippen molar-refractivity contribution < 1.29 is 8.91 Å². The molecule has 2 aromatic carbocycles. The normalized spacial score (nSPS) is 10.6. The number of halogens is 1. The van der Waals surface area contributed by atoms with E-state index in [1.165, 1.54) is 11.6 Å². The maximum absolute atomic E-state index is 13.6. The Balaban J connectivity index is 1.71. The zero-order valence-corrected chi connectivity index (χ0v) is 11.5. The van der Waals surface area contributed by atoms with E-state index in [0.717, 1.165) is 5.69 Å². The summed E-state index contributed by atoms with van der Waals surface area (Å²) in [5.41, 5.74) is 2.49. The van der Waals surface area contributed by atoms with E-state index in [2.05, 4.69) is 15.5 Å². The summed E-state index contributed by atoms with van der Waals surface area (Å²) < 4.78 is 18.8. The number of hydrogen-bond donors (Lipinski definition) is 1. The molecule has 0 aliphatic carbocycles. The molecule has 3 rings (SSSR count). The Kier molecular flexibility index (Phi) is 3.64. The van der Waals surface area contributed by atoms with Gasteiger partial charge in [0.05, 0.1) is 12.1 Å². The van der Waals surface area contributed by atoms with Crippen molar-refractivity contribution >= 4 is 5.69 Å². The van der Waals surface area contributed by atoms with E-state index in [1.807, 2.05) is 31.2 Å². The Morgan fingerprint density at radius 1 is 1.10 bits per heavy atom. The largest absolute Gasteiger partial charge is 0.376 e. The van der Waals surface area contributed by atoms with Gasteiger partial charge in [0.2, 0.25) is 11.7 Å². The summed E-state index contributed by atoms with van der Waals surface area (Å²) in [6.45, 7) is 2.42. The van der Waals surface area contributed by atoms with Crippen LogP contribution in [0.1, 0.15) is 11.5 Å². The van der Waals surface area contributed by atoms with Gasteiger partial charge in [0, 0.05) is 5.69 Å². The first-order chi connectivity index (χ1) is 10.2. The van der Waals surface area contributed by atoms with E-state index in [-0.39, 0.29) is 11.6 Å². The molecule has 0 spiro atoms. The molecule has 0 atom stereocenters. The number of aryl methyl sites for hydroxylation is 1. The lowest BCUT2D eigenvalue weighted by Crippen LogP contribution is -1.99. The Morgan fingerprint density at radius 2 is 1.86 bits per heavy atom. The first-order valence-corrected chi connectivity index (χ1v) is 6.60. The monoisotopic (exact) mass is 283 g/mol. The first kappa shape index (κ1) is 13.3. The lowest BCUT2D eigenvalue weighted by atomic mass is 10.2. The lowest BCUT2D eigenvalue weighted by molar-refractivity contribution is 0.384. The van der Waals surface area contributed by atoms with Crippen molar-refractivity contribution in [2.75, 3.05) is 5.32 Å². The van der Waals surface area contributed by atoms with Crippen LogP contribution in [0.25, 0.3) is 11.4 Å². The second-order valence-corrected chi connectivity index (χ2v) is 4.71. The highest BCUT2D eigenvalue weighted by Crippen LogP contribution is 2.19. The lowest BCUT2D eigenvalue weighted by Gasteiger charge is -2.02. The number of aromatic nitrogens is 2. The Morgan fingerprint density at radius 3 is 2.62 bits per heavy atom. The van der Waals surface area contributed by atoms with E-state index < -0.39 is 0 Å². The van der Waals surface area contributed by atoms with Crippen LogP contribution in [0, 0.1) is 12.7 Å². The van der Waals surface area contributed by atoms with Crippen LogP contribution < -0.4 is 5.32 Å². The van der Waals surface area contributed by atoms with Crippen molar-refractivity contribution in [2.24, 2.45) is 0 Å². The number of benzene rings is 2. The molecule has 1 heterocycles. The molecule has 0 fully saturated rings. The standard InChI is InChI=1S/C16H14FN3O/c1-11-6-8-12(9-7-11)18-10-15-19-16(20-21-15)13-4-2-3-5-14(13)17/h2-9,18H,10H2,1H3. The van der Waals surface area contributed by atoms with E-state index in [1.54, 1.807) is 18.2 Å². The molecule has 0 saturated heterocycles. The average Bonchev–Trinajstić information content (AvgIpc) is 2.96. The molecule has 1 aromatic heterocycles. The third-order valence-corrected chi connectivity index (χ3v) is 3.08. The van der Waals surface area contributed by atoms with E-state index in [4.69, 9.17) is 4.52 Å². The van der Waals surface area contributed by atoms with Gasteiger partial charge in [0.25, 0.3) is 0 Å². The van der Waals surface area contributed by atoms with Crippen molar-refractivity contribution in [3.05, 3.63) is 65.8 Å². The van der Waals surface area contributed by atoms with Crippen LogP contribution >= 0.6 is 0 Å². The van der Waals surface area contributed by atoms with Gasteiger partial charge in [-0.15, -0.1) is 0 Å². The SMILES string of the molecule is Cc1ccc(NCc2nc(-c3ccccc3F)no2)cc1. The second kappa shape index (κ2) is 5.75. The molecule has 0 aliphatic rings. The smallest absolute Gasteiger partial charge is 0.246 e. The fraction of sp³-hybridized carbons (Fsp3) is 0.125. The minimum Gasteiger partial charge on any atom is -0.376 e. The number of hydrogen-bond acceptors (Lipinski definition) is 4. The van der Waals surface area contributed by atoms with Gasteiger partial charge in [0.1, 0.15) is 5.82 Å². The third-order valence-electron chi connectivity index (χ3n) is 3.08. The first-order valence-electron chi connectivity index (χ1n) is 6.60. The molecule has 21 heavy (non-hydrogen) atoms. The van der Waals surface area contributed by atoms with E-state index in [9.17, 15) is 4.39 Å². The van der Waals surface area contributed by atoms with Gasteiger partial charge in [-0.3, -0.25) is 0 Å². The molecule has 0 unspecified atom stereocenters. The summed E-state index contributed by atoms with van der Waals surface area (Å²) in [4.78, 5) is 4.19. The van der Waals surface area contributed by atoms with Gasteiger partial charge in [0.15, 0.2) is 0 Å². The third kappa shape index (κ3) is 3.08. The fourth-order valence-electron chi connectivity index (χ4n) is 1.93. The highest BCUT2D eigenvalue weighted by atomic mass is 19.1. The second-order valence-electron chi connectivity index (χ2n) is 4.71. The number of rotatable bonds is 4. The minimum atomic E-state index is -0.364. The summed E-state index contributed by atoms with van der Waals surface area (Å²) >= 11 is 0. The van der Waals surface area contributed by atoms with Crippen molar-refractivity contribution in [3.8, 4) is 11.4 Å². The number of anilines is 1. The van der Waals surface area contributed by atoms with Gasteiger partial charge in [-0.25, -0.2) is 4.39 Å². The van der Waals surface area contributed by atoms with E-state index in [0.29, 0.717) is 18.0 Å². The van der Waals surface area contributed by atoms with Crippen LogP contribution in [0.15, 0.2) is 53.1 Å². The Labute approximate surface area is 121 Å². The maximum Gasteiger partial charge on any atom is 0.246 e. The molecule has 0 radical (unpaired) electrons. The minimum absolute atomic E-state index is 0.258. The molecule has 1 N–H and O–H groups in total. The highest BCUT2D eigenvalue weighted by molar-refractivity contribution is 5.54. The predicted molar refractivity (Wildman–Crippen MR) is 78.2 cm³/mol. The molecule has 4 nitrogen and oxygen atoms in total. The van der Waals surface area contributed by atoms with Crippen LogP contribution in [-0.4, -0.2) is 10.1 Å². The van der Waals surface area contributed by atoms with Crippen LogP contribution in [0.5, 0.6) is 0 Å². The van der Waals surface area contributed by atoms with Gasteiger partial charge in [-0.2, -0.15) is 4.98 Å². The summed E-state index contributed by atoms with van der Waals surface area (Å²) in [6.07, 6.45) is 0. The predicted octanol–water partition coefficient (Wildman–Crippen LogP) is 3.80. The Bertz CT molecular complexity index is 737. The molecule has 0 bridgehead atoms. The van der Waals surface area contributed by atoms with Gasteiger partial charge >= 0.3 is 0 Å². The quantitative estimate of drug-likeness (QED) is 0.791. The fourth-order valence-corrected chi connectivity index (χ4v) is 1.93. The molecule has 0 amide bonds. The van der Waals surface area contributed by atoms with Crippen LogP contribution in [0.3, 0.4) is 0 Å². The van der Waals surface area contributed by atoms with Gasteiger partial charge in [-0.1, -0.05) is 35.0 Å². The van der Waals surface area contributed by atoms with Crippen LogP contribution in [0.4, 0.5) is 10.1 Å². The Hall–Kier alpha value is -2.69. The van der Waals surface area contributed by atoms with Crippen molar-refractivity contribution in [2.45, 2.75) is 13.5 Å². The molecule has 106 valence electrons. The zero-order valence-electron chi connectivity index (χ0n) is 11.5. The molecule has 0 saturated carbocycles. The summed E-state index contributed by atoms with van der Waals surface area (Å²) in [5.74, 6) is 0.305. The van der Waals surface area contributed by atoms with Crippen molar-refractivity contribution in [1.29, 1.82) is 0 Å².